The molecule has 0 saturated carbocycles. The van der Waals surface area contributed by atoms with Crippen LogP contribution in [0.3, 0.4) is 0 Å². The molecule has 0 bridgehead atoms. The molecule has 0 aromatic carbocycles. The van der Waals surface area contributed by atoms with E-state index in [0.29, 0.717) is 6.42 Å². The van der Waals surface area contributed by atoms with Crippen molar-refractivity contribution >= 4 is 22.1 Å². The van der Waals surface area contributed by atoms with Gasteiger partial charge in [-0.05, 0) is 18.3 Å². The minimum atomic E-state index is -5.19. The molecule has 0 aliphatic rings. The summed E-state index contributed by atoms with van der Waals surface area (Å²) in [6, 6.07) is 0. The van der Waals surface area contributed by atoms with Gasteiger partial charge < -0.3 is 10.2 Å². The lowest BCUT2D eigenvalue weighted by atomic mass is 9.59. The molecule has 1 unspecified atom stereocenters. The molecule has 148 valence electrons. The molecule has 1 atom stereocenters. The first-order chi connectivity index (χ1) is 11.3. The summed E-state index contributed by atoms with van der Waals surface area (Å²) < 4.78 is 31.7. The van der Waals surface area contributed by atoms with Crippen LogP contribution < -0.4 is 0 Å². The highest BCUT2D eigenvalue weighted by Crippen LogP contribution is 2.52. The summed E-state index contributed by atoms with van der Waals surface area (Å²) in [7, 11) is -5.19. The van der Waals surface area contributed by atoms with Gasteiger partial charge in [0.1, 0.15) is 5.41 Å². The molecule has 0 heterocycles. The minimum absolute atomic E-state index is 0.209. The number of rotatable bonds is 12. The zero-order chi connectivity index (χ0) is 20.1. The monoisotopic (exact) mass is 380 g/mol. The van der Waals surface area contributed by atoms with E-state index in [2.05, 4.69) is 0 Å². The zero-order valence-electron chi connectivity index (χ0n) is 15.8. The SMILES string of the molecule is CCCCCCCC(C(=O)O)(C(C(=O)O)(C(C)C)C(C)C)S(=O)(=O)O. The summed E-state index contributed by atoms with van der Waals surface area (Å²) in [5.74, 6) is -4.97. The van der Waals surface area contributed by atoms with E-state index < -0.39 is 50.5 Å². The van der Waals surface area contributed by atoms with E-state index in [1.54, 1.807) is 0 Å². The maximum absolute atomic E-state index is 12.3. The number of carboxylic acids is 2. The smallest absolute Gasteiger partial charge is 0.328 e. The van der Waals surface area contributed by atoms with Gasteiger partial charge >= 0.3 is 11.9 Å². The maximum atomic E-state index is 12.3. The fraction of sp³-hybridized carbons (Fsp3) is 0.882. The topological polar surface area (TPSA) is 129 Å². The Hall–Kier alpha value is -1.15. The van der Waals surface area contributed by atoms with Crippen molar-refractivity contribution in [2.75, 3.05) is 0 Å². The molecule has 0 saturated heterocycles. The van der Waals surface area contributed by atoms with Crippen LogP contribution >= 0.6 is 0 Å². The summed E-state index contributed by atoms with van der Waals surface area (Å²) >= 11 is 0. The molecule has 25 heavy (non-hydrogen) atoms. The van der Waals surface area contributed by atoms with E-state index in [9.17, 15) is 32.8 Å². The third-order valence-electron chi connectivity index (χ3n) is 5.26. The van der Waals surface area contributed by atoms with Crippen LogP contribution in [-0.2, 0) is 19.7 Å². The van der Waals surface area contributed by atoms with Crippen LogP contribution in [0, 0.1) is 17.3 Å². The van der Waals surface area contributed by atoms with Gasteiger partial charge in [0.05, 0.1) is 0 Å². The molecule has 0 aromatic heterocycles. The van der Waals surface area contributed by atoms with Crippen molar-refractivity contribution in [2.45, 2.75) is 77.9 Å². The van der Waals surface area contributed by atoms with Crippen LogP contribution in [0.5, 0.6) is 0 Å². The van der Waals surface area contributed by atoms with E-state index in [-0.39, 0.29) is 6.42 Å². The van der Waals surface area contributed by atoms with Gasteiger partial charge in [-0.25, -0.2) is 0 Å². The summed E-state index contributed by atoms with van der Waals surface area (Å²) in [6.45, 7) is 7.93. The van der Waals surface area contributed by atoms with Crippen LogP contribution in [0.2, 0.25) is 0 Å². The standard InChI is InChI=1S/C17H32O7S/c1-6-7-8-9-10-11-16(14(18)19,25(22,23)24)17(12(2)3,13(4)5)15(20)21/h12-13H,6-11H2,1-5H3,(H,18,19)(H,20,21)(H,22,23,24). The van der Waals surface area contributed by atoms with Crippen molar-refractivity contribution in [3.63, 3.8) is 0 Å². The first-order valence-corrected chi connectivity index (χ1v) is 10.2. The maximum Gasteiger partial charge on any atom is 0.328 e. The second-order valence-corrected chi connectivity index (χ2v) is 8.90. The van der Waals surface area contributed by atoms with Gasteiger partial charge in [-0.2, -0.15) is 8.42 Å². The Morgan fingerprint density at radius 1 is 0.880 bits per heavy atom. The second-order valence-electron chi connectivity index (χ2n) is 7.26. The number of carbonyl (C=O) groups is 2. The molecule has 0 spiro atoms. The van der Waals surface area contributed by atoms with E-state index in [0.717, 1.165) is 19.3 Å². The number of unbranched alkanes of at least 4 members (excludes halogenated alkanes) is 4. The van der Waals surface area contributed by atoms with Crippen LogP contribution in [0.25, 0.3) is 0 Å². The third kappa shape index (κ3) is 4.16. The molecule has 0 aliphatic heterocycles. The highest BCUT2D eigenvalue weighted by Gasteiger charge is 2.71. The molecule has 0 aliphatic carbocycles. The Labute approximate surface area is 150 Å². The van der Waals surface area contributed by atoms with Crippen molar-refractivity contribution in [1.29, 1.82) is 0 Å². The fourth-order valence-corrected chi connectivity index (χ4v) is 5.80. The van der Waals surface area contributed by atoms with Crippen molar-refractivity contribution < 1.29 is 32.8 Å². The van der Waals surface area contributed by atoms with Crippen molar-refractivity contribution in [3.8, 4) is 0 Å². The van der Waals surface area contributed by atoms with Crippen molar-refractivity contribution in [1.82, 2.24) is 0 Å². The lowest BCUT2D eigenvalue weighted by Gasteiger charge is -2.48. The molecule has 8 heteroatoms. The van der Waals surface area contributed by atoms with E-state index in [4.69, 9.17) is 0 Å². The fourth-order valence-electron chi connectivity index (χ4n) is 4.19. The molecule has 7 nitrogen and oxygen atoms in total. The number of hydrogen-bond donors (Lipinski definition) is 3. The molecule has 0 amide bonds. The second kappa shape index (κ2) is 8.98. The summed E-state index contributed by atoms with van der Waals surface area (Å²) in [5, 5.41) is 19.8. The molecular formula is C17H32O7S. The van der Waals surface area contributed by atoms with Crippen LogP contribution in [0.15, 0.2) is 0 Å². The Kier molecular flexibility index (Phi) is 8.57. The predicted molar refractivity (Wildman–Crippen MR) is 95.0 cm³/mol. The summed E-state index contributed by atoms with van der Waals surface area (Å²) in [6.07, 6.45) is 3.02. The molecular weight excluding hydrogens is 348 g/mol. The number of aliphatic carboxylic acids is 2. The zero-order valence-corrected chi connectivity index (χ0v) is 16.6. The molecule has 0 rings (SSSR count). The van der Waals surface area contributed by atoms with Crippen molar-refractivity contribution in [2.24, 2.45) is 17.3 Å². The first-order valence-electron chi connectivity index (χ1n) is 8.77. The Morgan fingerprint density at radius 2 is 1.32 bits per heavy atom. The third-order valence-corrected chi connectivity index (χ3v) is 6.86. The molecule has 3 N–H and O–H groups in total. The Balaban J connectivity index is 6.43. The van der Waals surface area contributed by atoms with E-state index in [1.165, 1.54) is 27.7 Å². The average Bonchev–Trinajstić information content (AvgIpc) is 2.42. The van der Waals surface area contributed by atoms with Gasteiger partial charge in [0.25, 0.3) is 10.1 Å². The van der Waals surface area contributed by atoms with E-state index in [1.807, 2.05) is 6.92 Å². The lowest BCUT2D eigenvalue weighted by molar-refractivity contribution is -0.169. The van der Waals surface area contributed by atoms with Gasteiger partial charge in [0.2, 0.25) is 4.75 Å². The Bertz CT molecular complexity index is 558. The van der Waals surface area contributed by atoms with Gasteiger partial charge in [-0.3, -0.25) is 14.1 Å². The molecule has 0 radical (unpaired) electrons. The first kappa shape index (κ1) is 23.9. The lowest BCUT2D eigenvalue weighted by Crippen LogP contribution is -2.67. The number of carboxylic acid groups (broad SMARTS) is 2. The highest BCUT2D eigenvalue weighted by atomic mass is 32.2. The van der Waals surface area contributed by atoms with Crippen LogP contribution in [0.1, 0.15) is 73.1 Å². The molecule has 0 fully saturated rings. The summed E-state index contributed by atoms with van der Waals surface area (Å²) in [5.41, 5.74) is -2.16. The van der Waals surface area contributed by atoms with Crippen molar-refractivity contribution in [3.05, 3.63) is 0 Å². The average molecular weight is 381 g/mol. The minimum Gasteiger partial charge on any atom is -0.481 e. The summed E-state index contributed by atoms with van der Waals surface area (Å²) in [4.78, 5) is 24.3. The number of hydrogen-bond acceptors (Lipinski definition) is 4. The van der Waals surface area contributed by atoms with Crippen LogP contribution in [0.4, 0.5) is 0 Å². The quantitative estimate of drug-likeness (QED) is 0.349. The van der Waals surface area contributed by atoms with Crippen LogP contribution in [-0.4, -0.2) is 39.9 Å². The normalized spacial score (nSPS) is 15.4. The highest BCUT2D eigenvalue weighted by molar-refractivity contribution is 7.88. The van der Waals surface area contributed by atoms with E-state index >= 15 is 0 Å². The largest absolute Gasteiger partial charge is 0.481 e. The molecule has 0 aromatic rings. The van der Waals surface area contributed by atoms with Gasteiger partial charge in [-0.1, -0.05) is 66.7 Å². The van der Waals surface area contributed by atoms with Gasteiger partial charge in [0.15, 0.2) is 0 Å². The Morgan fingerprint density at radius 3 is 1.60 bits per heavy atom. The predicted octanol–water partition coefficient (Wildman–Crippen LogP) is 3.44. The van der Waals surface area contributed by atoms with Gasteiger partial charge in [-0.15, -0.1) is 0 Å². The van der Waals surface area contributed by atoms with Gasteiger partial charge in [0, 0.05) is 0 Å².